The summed E-state index contributed by atoms with van der Waals surface area (Å²) in [5.41, 5.74) is 25.0. The minimum Gasteiger partial charge on any atom is -0.243 e. The van der Waals surface area contributed by atoms with E-state index in [-0.39, 0.29) is 0 Å². The second-order valence-electron chi connectivity index (χ2n) is 30.8. The normalized spacial score (nSPS) is 11.9. The highest BCUT2D eigenvalue weighted by molar-refractivity contribution is 7.25. The van der Waals surface area contributed by atoms with Crippen molar-refractivity contribution < 1.29 is 0 Å². The molecule has 30 aromatic heterocycles. The monoisotopic (exact) mass is 2490 g/mol. The molecule has 30 nitrogen and oxygen atoms in total. The lowest BCUT2D eigenvalue weighted by Crippen LogP contribution is -1.83. The molecule has 150 heavy (non-hydrogen) atoms. The van der Waals surface area contributed by atoms with Crippen LogP contribution in [0, 0.1) is 0 Å². The first-order valence-corrected chi connectivity index (χ1v) is 69.1. The molecular formula is C90H32N30S30. The van der Waals surface area contributed by atoms with Gasteiger partial charge in [0.05, 0.1) is 5.51 Å². The van der Waals surface area contributed by atoms with E-state index in [1.165, 1.54) is 193 Å². The predicted molar refractivity (Wildman–Crippen MR) is 634 cm³/mol. The highest BCUT2D eigenvalue weighted by Gasteiger charge is 2.29. The van der Waals surface area contributed by atoms with Crippen molar-refractivity contribution in [2.45, 2.75) is 0 Å². The summed E-state index contributed by atoms with van der Waals surface area (Å²) in [5.74, 6) is 0. The standard InChI is InChI=1S/C90H32N30S30/c1-2-122-62(91-1)34-4-124-64(93-34)36-6-126-66(95-36)38-8-128-68(97-38)40-10-130-70(99-40)42-12-132-72(101-42)44-14-134-74(103-44)46-16-136-76(105-46)48-18-138-78(107-48)50-20-140-80(109-50)52-22-142-82(111-52)54-24-144-84(113-54)56-26-146-86(115-56)58-28-148-88(117-58)60-30-150-90(119-60)61-31-149-89(120-61)59-29-147-87(118-59)57-27-145-85(116-57)55-25-143-83(114-55)53-23-141-81(112-53)51-21-139-79(110-51)49-19-137-77(108-49)47-17-135-75(106-47)45-15-133-73(104-45)43-13-131-71(102-43)41-11-129-69(100-41)39-9-127-67(98-39)37-7-125-65(96-37)35-5-123-63(94-35)33-3-121-32-92-33/h1-32H. The van der Waals surface area contributed by atoms with Gasteiger partial charge in [-0.1, -0.05) is 0 Å². The molecule has 0 N–H and O–H groups in total. The fourth-order valence-electron chi connectivity index (χ4n) is 14.4. The van der Waals surface area contributed by atoms with Gasteiger partial charge in [0.2, 0.25) is 0 Å². The van der Waals surface area contributed by atoms with Gasteiger partial charge in [-0.3, -0.25) is 0 Å². The van der Waals surface area contributed by atoms with Crippen molar-refractivity contribution in [3.8, 4) is 310 Å². The van der Waals surface area contributed by atoms with Crippen LogP contribution in [0.2, 0.25) is 0 Å². The Labute approximate surface area is 960 Å². The fraction of sp³-hybridized carbons (Fsp3) is 0. The minimum absolute atomic E-state index is 0.780. The maximum atomic E-state index is 5.03. The number of hydrogen-bond donors (Lipinski definition) is 0. The summed E-state index contributed by atoms with van der Waals surface area (Å²) < 4.78 is 0. The smallest absolute Gasteiger partial charge is 0.143 e. The first-order chi connectivity index (χ1) is 74.0. The molecule has 30 heterocycles. The summed E-state index contributed by atoms with van der Waals surface area (Å²) in [5, 5.41) is 84.4. The fourth-order valence-corrected chi connectivity index (χ4v) is 39.1. The van der Waals surface area contributed by atoms with Gasteiger partial charge < -0.3 is 0 Å². The first-order valence-electron chi connectivity index (χ1n) is 42.7. The number of thiazole rings is 30. The van der Waals surface area contributed by atoms with Crippen LogP contribution in [0.25, 0.3) is 310 Å². The van der Waals surface area contributed by atoms with Crippen LogP contribution in [0.3, 0.4) is 0 Å². The maximum absolute atomic E-state index is 5.03. The Kier molecular flexibility index (Phi) is 24.8. The van der Waals surface area contributed by atoms with E-state index in [0.717, 1.165) is 310 Å². The Balaban J connectivity index is 0.306. The van der Waals surface area contributed by atoms with E-state index in [9.17, 15) is 0 Å². The molecule has 0 aliphatic heterocycles. The lowest BCUT2D eigenvalue weighted by molar-refractivity contribution is 1.28. The molecular weight excluding hydrogens is 2460 g/mol. The summed E-state index contributed by atoms with van der Waals surface area (Å²) in [6, 6.07) is 0. The van der Waals surface area contributed by atoms with Crippen LogP contribution in [-0.2, 0) is 0 Å². The van der Waals surface area contributed by atoms with Crippen molar-refractivity contribution in [3.63, 3.8) is 0 Å². The molecule has 0 atom stereocenters. The lowest BCUT2D eigenvalue weighted by Gasteiger charge is -1.91. The molecule has 0 amide bonds. The van der Waals surface area contributed by atoms with Crippen molar-refractivity contribution in [2.75, 3.05) is 0 Å². The van der Waals surface area contributed by atoms with Crippen molar-refractivity contribution in [1.29, 1.82) is 0 Å². The van der Waals surface area contributed by atoms with Crippen LogP contribution >= 0.6 is 340 Å². The molecule has 0 saturated carbocycles. The third-order valence-electron chi connectivity index (χ3n) is 21.3. The molecule has 0 bridgehead atoms. The molecule has 722 valence electrons. The predicted octanol–water partition coefficient (Wildman–Crippen LogP) is 33.7. The second kappa shape index (κ2) is 39.8. The summed E-state index contributed by atoms with van der Waals surface area (Å²) in [7, 11) is 0. The Morgan fingerprint density at radius 2 is 0.193 bits per heavy atom. The lowest BCUT2D eigenvalue weighted by atomic mass is 10.4. The summed E-state index contributed by atoms with van der Waals surface area (Å²) in [6.07, 6.45) is 1.79. The van der Waals surface area contributed by atoms with Crippen LogP contribution in [0.5, 0.6) is 0 Å². The van der Waals surface area contributed by atoms with Gasteiger partial charge in [-0.05, 0) is 0 Å². The zero-order valence-electron chi connectivity index (χ0n) is 73.1. The third kappa shape index (κ3) is 18.4. The number of nitrogens with zero attached hydrogens (tertiary/aromatic N) is 30. The van der Waals surface area contributed by atoms with Gasteiger partial charge >= 0.3 is 0 Å². The van der Waals surface area contributed by atoms with E-state index in [4.69, 9.17) is 140 Å². The van der Waals surface area contributed by atoms with Gasteiger partial charge in [-0.2, -0.15) is 0 Å². The average molecular weight is 2500 g/mol. The number of aromatic nitrogens is 30. The molecule has 0 radical (unpaired) electrons. The van der Waals surface area contributed by atoms with Crippen LogP contribution in [0.15, 0.2) is 173 Å². The van der Waals surface area contributed by atoms with E-state index in [1.54, 1.807) is 154 Å². The maximum Gasteiger partial charge on any atom is 0.143 e. The topological polar surface area (TPSA) is 387 Å². The van der Waals surface area contributed by atoms with E-state index in [0.29, 0.717) is 0 Å². The summed E-state index contributed by atoms with van der Waals surface area (Å²) in [6.45, 7) is 0. The van der Waals surface area contributed by atoms with Crippen LogP contribution in [0.1, 0.15) is 0 Å². The summed E-state index contributed by atoms with van der Waals surface area (Å²) in [4.78, 5) is 148. The van der Waals surface area contributed by atoms with E-state index >= 15 is 0 Å². The van der Waals surface area contributed by atoms with Crippen molar-refractivity contribution in [2.24, 2.45) is 0 Å². The third-order valence-corrected chi connectivity index (χ3v) is 46.9. The Bertz CT molecular complexity index is 8970. The zero-order chi connectivity index (χ0) is 98.5. The quantitative estimate of drug-likeness (QED) is 0.0420. The van der Waals surface area contributed by atoms with Gasteiger partial charge in [-0.25, -0.2) is 150 Å². The second-order valence-corrected chi connectivity index (χ2v) is 56.4. The molecule has 30 rings (SSSR count). The van der Waals surface area contributed by atoms with Gasteiger partial charge in [0.25, 0.3) is 0 Å². The van der Waals surface area contributed by atoms with Crippen LogP contribution in [-0.4, -0.2) is 150 Å². The van der Waals surface area contributed by atoms with Gasteiger partial charge in [-0.15, -0.1) is 340 Å². The molecule has 0 aliphatic rings. The largest absolute Gasteiger partial charge is 0.243 e. The Morgan fingerprint density at radius 3 is 0.280 bits per heavy atom. The molecule has 0 unspecified atom stereocenters. The Hall–Kier alpha value is -11.1. The first kappa shape index (κ1) is 93.7. The molecule has 0 spiro atoms. The number of hydrogen-bond acceptors (Lipinski definition) is 60. The van der Waals surface area contributed by atoms with E-state index in [1.807, 2.05) is 167 Å². The van der Waals surface area contributed by atoms with Crippen molar-refractivity contribution in [3.05, 3.63) is 173 Å². The summed E-state index contributed by atoms with van der Waals surface area (Å²) >= 11 is 46.3. The van der Waals surface area contributed by atoms with E-state index < -0.39 is 0 Å². The van der Waals surface area contributed by atoms with Gasteiger partial charge in [0, 0.05) is 168 Å². The molecule has 30 aromatic rings. The highest BCUT2D eigenvalue weighted by Crippen LogP contribution is 2.49. The Morgan fingerprint density at radius 1 is 0.0933 bits per heavy atom. The molecule has 0 aliphatic carbocycles. The number of rotatable bonds is 29. The van der Waals surface area contributed by atoms with Crippen molar-refractivity contribution >= 4 is 340 Å². The van der Waals surface area contributed by atoms with Crippen molar-refractivity contribution in [1.82, 2.24) is 150 Å². The molecule has 0 aromatic carbocycles. The highest BCUT2D eigenvalue weighted by atomic mass is 32.2. The van der Waals surface area contributed by atoms with Crippen LogP contribution in [0.4, 0.5) is 0 Å². The minimum atomic E-state index is 0.780. The molecule has 0 saturated heterocycles. The van der Waals surface area contributed by atoms with Crippen LogP contribution < -0.4 is 0 Å². The molecule has 60 heteroatoms. The zero-order valence-corrected chi connectivity index (χ0v) is 97.6. The van der Waals surface area contributed by atoms with E-state index in [2.05, 4.69) is 9.97 Å². The average Bonchev–Trinajstić information content (AvgIpc) is 1.65. The van der Waals surface area contributed by atoms with Gasteiger partial charge in [0.1, 0.15) is 310 Å². The SMILES string of the molecule is c1csc(-c2csc(-c3csc(-c4csc(-c5csc(-c6csc(-c7csc(-c8csc(-c9csc(-c%10csc(-c%11csc(-c%12csc(-c%13csc(-c%14csc(-c%15csc(-c%16csc(-c%17csc(-c%18csc(-c%19csc(-c%20csc(-c%21csc(-c%22csc(-c%23csc(-c%24csc(-c%25csc(-c%26csc(-c%27csc(-c%28csc(-c%29csc(-c%30cscn%30)n%29)n%28)n%27)n%26)n%25)n%24)n%23)n%22)n%21)n%20)n%19)n%18)n%17)n%16)n%15)n%14)n%13)n%12)n%11)n%10)n9)n8)n7)n6)n5)n4)n3)n2)n1. The van der Waals surface area contributed by atoms with Gasteiger partial charge in [0.15, 0.2) is 0 Å². The molecule has 0 fully saturated rings.